The van der Waals surface area contributed by atoms with E-state index in [-0.39, 0.29) is 12.3 Å². The van der Waals surface area contributed by atoms with Gasteiger partial charge in [0, 0.05) is 19.1 Å². The first-order chi connectivity index (χ1) is 17.5. The van der Waals surface area contributed by atoms with E-state index in [0.717, 1.165) is 37.4 Å². The standard InChI is InChI=1S/C27H36BrN7O/c1-4-31-25-20-34(17-14-28)33-18-24(25)26(36)19-32-27(12-9-22-6-5-15-30-16-13-22)35(29-3)23-10-7-21(2)8-11-23/h4,7-8,10-12,14,17-18,22,30,32H,3,5-6,9,13,15-16,19-20H2,1-2H3/b17-14+,27-12-,31-4?. The quantitative estimate of drug-likeness (QED) is 0.306. The highest BCUT2D eigenvalue weighted by Gasteiger charge is 2.21. The number of allylic oxidation sites excluding steroid dienone is 1. The molecule has 0 spiro atoms. The van der Waals surface area contributed by atoms with E-state index in [1.54, 1.807) is 33.6 Å². The third-order valence-electron chi connectivity index (χ3n) is 6.19. The Morgan fingerprint density at radius 3 is 2.86 bits per heavy atom. The maximum atomic E-state index is 13.3. The second kappa shape index (κ2) is 14.5. The molecule has 1 unspecified atom stereocenters. The summed E-state index contributed by atoms with van der Waals surface area (Å²) in [6, 6.07) is 8.10. The summed E-state index contributed by atoms with van der Waals surface area (Å²) in [4.78, 5) is 19.4. The molecule has 2 N–H and O–H groups in total. The predicted octanol–water partition coefficient (Wildman–Crippen LogP) is 4.71. The molecule has 1 aromatic rings. The molecule has 192 valence electrons. The Morgan fingerprint density at radius 2 is 2.14 bits per heavy atom. The summed E-state index contributed by atoms with van der Waals surface area (Å²) in [7, 11) is 0. The number of rotatable bonds is 11. The lowest BCUT2D eigenvalue weighted by molar-refractivity contribution is -0.114. The second-order valence-corrected chi connectivity index (χ2v) is 9.33. The molecule has 3 rings (SSSR count). The zero-order valence-corrected chi connectivity index (χ0v) is 22.7. The maximum Gasteiger partial charge on any atom is 0.185 e. The van der Waals surface area contributed by atoms with Crippen molar-refractivity contribution in [3.05, 3.63) is 64.2 Å². The van der Waals surface area contributed by atoms with Gasteiger partial charge in [0.2, 0.25) is 0 Å². The summed E-state index contributed by atoms with van der Waals surface area (Å²) in [5.41, 5.74) is 3.23. The monoisotopic (exact) mass is 553 g/mol. The number of hydrogen-bond donors (Lipinski definition) is 2. The van der Waals surface area contributed by atoms with Gasteiger partial charge in [-0.15, -0.1) is 0 Å². The average Bonchev–Trinajstić information content (AvgIpc) is 3.16. The summed E-state index contributed by atoms with van der Waals surface area (Å²) in [5.74, 6) is 1.25. The number of hydrogen-bond acceptors (Lipinski definition) is 8. The fourth-order valence-electron chi connectivity index (χ4n) is 4.23. The molecule has 2 heterocycles. The zero-order chi connectivity index (χ0) is 25.8. The van der Waals surface area contributed by atoms with Gasteiger partial charge in [0.15, 0.2) is 5.78 Å². The number of aryl methyl sites for hydroxylation is 1. The summed E-state index contributed by atoms with van der Waals surface area (Å²) in [5, 5.41) is 18.9. The van der Waals surface area contributed by atoms with Crippen LogP contribution in [0, 0.1) is 12.8 Å². The predicted molar refractivity (Wildman–Crippen MR) is 154 cm³/mol. The molecule has 1 atom stereocenters. The van der Waals surface area contributed by atoms with Crippen molar-refractivity contribution < 1.29 is 4.79 Å². The van der Waals surface area contributed by atoms with Gasteiger partial charge in [0.05, 0.1) is 36.3 Å². The van der Waals surface area contributed by atoms with Crippen LogP contribution < -0.4 is 15.6 Å². The van der Waals surface area contributed by atoms with Crippen molar-refractivity contribution in [2.24, 2.45) is 21.1 Å². The number of carbonyl (C=O) groups is 1. The molecular formula is C27H36BrN7O. The SMILES string of the molecule is C=NN(/C(=C\CC1CCCNCC1)NCC(=O)C1=C(N=CC)CN(/C=C/Br)N=C1)c1ccc(C)cc1. The van der Waals surface area contributed by atoms with Gasteiger partial charge in [-0.25, -0.2) is 5.01 Å². The van der Waals surface area contributed by atoms with Gasteiger partial charge < -0.3 is 10.6 Å². The third kappa shape index (κ3) is 7.99. The molecular weight excluding hydrogens is 518 g/mol. The van der Waals surface area contributed by atoms with Crippen LogP contribution in [0.5, 0.6) is 0 Å². The van der Waals surface area contributed by atoms with E-state index < -0.39 is 0 Å². The van der Waals surface area contributed by atoms with Crippen molar-refractivity contribution in [2.45, 2.75) is 39.5 Å². The van der Waals surface area contributed by atoms with Gasteiger partial charge in [0.1, 0.15) is 5.82 Å². The molecule has 2 aliphatic rings. The van der Waals surface area contributed by atoms with Gasteiger partial charge in [-0.2, -0.15) is 10.2 Å². The normalized spacial score (nSPS) is 19.1. The molecule has 9 heteroatoms. The van der Waals surface area contributed by atoms with Crippen LogP contribution in [0.3, 0.4) is 0 Å². The van der Waals surface area contributed by atoms with E-state index in [2.05, 4.69) is 54.6 Å². The highest BCUT2D eigenvalue weighted by atomic mass is 79.9. The Kier molecular flexibility index (Phi) is 11.1. The molecule has 1 aromatic carbocycles. The lowest BCUT2D eigenvalue weighted by Crippen LogP contribution is -2.34. The molecule has 1 fully saturated rings. The van der Waals surface area contributed by atoms with E-state index in [4.69, 9.17) is 0 Å². The van der Waals surface area contributed by atoms with Crippen molar-refractivity contribution in [3.63, 3.8) is 0 Å². The fourth-order valence-corrected chi connectivity index (χ4v) is 4.50. The Labute approximate surface area is 222 Å². The molecule has 0 bridgehead atoms. The number of Topliss-reactive ketones (excluding diaryl/α,β-unsaturated/α-hetero) is 1. The zero-order valence-electron chi connectivity index (χ0n) is 21.2. The van der Waals surface area contributed by atoms with Crippen LogP contribution in [0.4, 0.5) is 5.69 Å². The maximum absolute atomic E-state index is 13.3. The van der Waals surface area contributed by atoms with Crippen LogP contribution in [0.2, 0.25) is 0 Å². The van der Waals surface area contributed by atoms with Gasteiger partial charge in [-0.3, -0.25) is 14.8 Å². The number of nitrogens with one attached hydrogen (secondary N) is 2. The number of aliphatic imine (C=N–C) groups is 1. The first-order valence-electron chi connectivity index (χ1n) is 12.4. The minimum absolute atomic E-state index is 0.0840. The van der Waals surface area contributed by atoms with Crippen molar-refractivity contribution >= 4 is 46.5 Å². The van der Waals surface area contributed by atoms with Crippen molar-refractivity contribution in [1.82, 2.24) is 15.6 Å². The number of hydrazone groups is 2. The van der Waals surface area contributed by atoms with Crippen LogP contribution in [0.15, 0.2) is 73.8 Å². The van der Waals surface area contributed by atoms with Crippen molar-refractivity contribution in [2.75, 3.05) is 31.2 Å². The largest absolute Gasteiger partial charge is 0.363 e. The molecule has 36 heavy (non-hydrogen) atoms. The van der Waals surface area contributed by atoms with E-state index >= 15 is 0 Å². The van der Waals surface area contributed by atoms with E-state index in [9.17, 15) is 4.79 Å². The van der Waals surface area contributed by atoms with Crippen molar-refractivity contribution in [1.29, 1.82) is 0 Å². The number of anilines is 1. The lowest BCUT2D eigenvalue weighted by Gasteiger charge is -2.25. The van der Waals surface area contributed by atoms with Crippen LogP contribution in [-0.2, 0) is 4.79 Å². The van der Waals surface area contributed by atoms with Crippen LogP contribution in [-0.4, -0.2) is 56.1 Å². The molecule has 2 aliphatic heterocycles. The Balaban J connectivity index is 1.81. The summed E-state index contributed by atoms with van der Waals surface area (Å²) >= 11 is 3.26. The summed E-state index contributed by atoms with van der Waals surface area (Å²) in [6.45, 7) is 10.3. The fraction of sp³-hybridized carbons (Fsp3) is 0.407. The minimum Gasteiger partial charge on any atom is -0.363 e. The smallest absolute Gasteiger partial charge is 0.185 e. The van der Waals surface area contributed by atoms with Crippen LogP contribution in [0.25, 0.3) is 0 Å². The van der Waals surface area contributed by atoms with Crippen molar-refractivity contribution in [3.8, 4) is 0 Å². The van der Waals surface area contributed by atoms with Gasteiger partial charge >= 0.3 is 0 Å². The number of nitrogens with zero attached hydrogens (tertiary/aromatic N) is 5. The minimum atomic E-state index is -0.0840. The van der Waals surface area contributed by atoms with Crippen LogP contribution >= 0.6 is 15.9 Å². The number of halogens is 1. The van der Waals surface area contributed by atoms with Gasteiger partial charge in [0.25, 0.3) is 0 Å². The third-order valence-corrected chi connectivity index (χ3v) is 6.43. The molecule has 8 nitrogen and oxygen atoms in total. The summed E-state index contributed by atoms with van der Waals surface area (Å²) in [6.07, 6.45) is 11.6. The van der Waals surface area contributed by atoms with Gasteiger partial charge in [-0.1, -0.05) is 33.6 Å². The Morgan fingerprint density at radius 1 is 1.33 bits per heavy atom. The van der Waals surface area contributed by atoms with E-state index in [1.807, 2.05) is 38.1 Å². The molecule has 0 radical (unpaired) electrons. The highest BCUT2D eigenvalue weighted by Crippen LogP contribution is 2.23. The highest BCUT2D eigenvalue weighted by molar-refractivity contribution is 9.11. The van der Waals surface area contributed by atoms with E-state index in [0.29, 0.717) is 23.7 Å². The molecule has 0 amide bonds. The number of carbonyl (C=O) groups excluding carboxylic acids is 1. The lowest BCUT2D eigenvalue weighted by atomic mass is 9.97. The first kappa shape index (κ1) is 27.5. The van der Waals surface area contributed by atoms with Crippen LogP contribution in [0.1, 0.15) is 38.2 Å². The molecule has 1 saturated heterocycles. The number of benzene rings is 1. The van der Waals surface area contributed by atoms with Gasteiger partial charge in [-0.05, 0) is 81.7 Å². The Bertz CT molecular complexity index is 1030. The first-order valence-corrected chi connectivity index (χ1v) is 13.3. The van der Waals surface area contributed by atoms with E-state index in [1.165, 1.54) is 18.4 Å². The number of ketones is 1. The molecule has 0 aromatic heterocycles. The molecule has 0 saturated carbocycles. The molecule has 0 aliphatic carbocycles. The summed E-state index contributed by atoms with van der Waals surface area (Å²) < 4.78 is 0. The second-order valence-electron chi connectivity index (χ2n) is 8.80. The Hall–Kier alpha value is -3.04. The topological polar surface area (TPSA) is 84.7 Å². The average molecular weight is 555 g/mol.